The van der Waals surface area contributed by atoms with E-state index in [1.54, 1.807) is 0 Å². The van der Waals surface area contributed by atoms with Crippen LogP contribution >= 0.6 is 23.7 Å². The summed E-state index contributed by atoms with van der Waals surface area (Å²) in [7, 11) is 0. The third-order valence-corrected chi connectivity index (χ3v) is 1.32. The standard InChI is InChI=1S/C5H10O.Cl2O/c6-5-3-1-2-4-5;1-3-2/h5-6H,1-4H2;. The van der Waals surface area contributed by atoms with Crippen molar-refractivity contribution in [2.24, 2.45) is 0 Å². The van der Waals surface area contributed by atoms with E-state index in [4.69, 9.17) is 5.11 Å². The van der Waals surface area contributed by atoms with E-state index in [9.17, 15) is 0 Å². The molecular formula is C5H10Cl2O2. The van der Waals surface area contributed by atoms with E-state index in [0.717, 1.165) is 12.8 Å². The van der Waals surface area contributed by atoms with Gasteiger partial charge in [-0.15, -0.1) is 0 Å². The topological polar surface area (TPSA) is 29.5 Å². The molecular weight excluding hydrogens is 163 g/mol. The fourth-order valence-corrected chi connectivity index (χ4v) is 0.904. The zero-order chi connectivity index (χ0) is 7.11. The Morgan fingerprint density at radius 1 is 1.22 bits per heavy atom. The molecule has 56 valence electrons. The van der Waals surface area contributed by atoms with Crippen LogP contribution < -0.4 is 0 Å². The van der Waals surface area contributed by atoms with Crippen molar-refractivity contribution in [2.75, 3.05) is 0 Å². The minimum absolute atomic E-state index is 0.0463. The Morgan fingerprint density at radius 2 is 1.56 bits per heavy atom. The molecule has 9 heavy (non-hydrogen) atoms. The van der Waals surface area contributed by atoms with Gasteiger partial charge in [0.15, 0.2) is 0 Å². The molecule has 0 atom stereocenters. The summed E-state index contributed by atoms with van der Waals surface area (Å²) in [6, 6.07) is 0. The molecule has 0 aromatic carbocycles. The Morgan fingerprint density at radius 3 is 1.67 bits per heavy atom. The van der Waals surface area contributed by atoms with Crippen molar-refractivity contribution in [1.82, 2.24) is 0 Å². The molecule has 0 radical (unpaired) electrons. The fourth-order valence-electron chi connectivity index (χ4n) is 0.904. The summed E-state index contributed by atoms with van der Waals surface area (Å²) in [5.74, 6) is 0. The van der Waals surface area contributed by atoms with E-state index in [1.807, 2.05) is 0 Å². The average molecular weight is 173 g/mol. The molecule has 1 saturated carbocycles. The molecule has 0 aliphatic heterocycles. The molecule has 1 aliphatic carbocycles. The van der Waals surface area contributed by atoms with Gasteiger partial charge in [-0.05, 0) is 12.8 Å². The number of hydrogen-bond acceptors (Lipinski definition) is 2. The van der Waals surface area contributed by atoms with Crippen LogP contribution in [0, 0.1) is 0 Å². The largest absolute Gasteiger partial charge is 0.393 e. The smallest absolute Gasteiger partial charge is 0.0832 e. The molecule has 1 fully saturated rings. The maximum Gasteiger partial charge on any atom is 0.0832 e. The van der Waals surface area contributed by atoms with Gasteiger partial charge in [0.25, 0.3) is 0 Å². The van der Waals surface area contributed by atoms with E-state index < -0.39 is 0 Å². The molecule has 1 aliphatic rings. The highest BCUT2D eigenvalue weighted by atomic mass is 35.6. The van der Waals surface area contributed by atoms with Gasteiger partial charge in [0, 0.05) is 0 Å². The third-order valence-electron chi connectivity index (χ3n) is 1.32. The van der Waals surface area contributed by atoms with Gasteiger partial charge in [-0.2, -0.15) is 3.84 Å². The lowest BCUT2D eigenvalue weighted by atomic mass is 10.3. The van der Waals surface area contributed by atoms with Crippen LogP contribution in [0.15, 0.2) is 0 Å². The molecule has 0 heterocycles. The van der Waals surface area contributed by atoms with E-state index in [1.165, 1.54) is 12.8 Å². The predicted molar refractivity (Wildman–Crippen MR) is 37.3 cm³/mol. The van der Waals surface area contributed by atoms with E-state index in [2.05, 4.69) is 27.6 Å². The monoisotopic (exact) mass is 172 g/mol. The Bertz CT molecular complexity index is 54.9. The van der Waals surface area contributed by atoms with Crippen LogP contribution in [0.2, 0.25) is 0 Å². The molecule has 1 N–H and O–H groups in total. The Balaban J connectivity index is 0.000000187. The van der Waals surface area contributed by atoms with E-state index in [0.29, 0.717) is 0 Å². The lowest BCUT2D eigenvalue weighted by molar-refractivity contribution is 0.183. The van der Waals surface area contributed by atoms with Crippen LogP contribution in [0.1, 0.15) is 25.7 Å². The Hall–Kier alpha value is 0.500. The molecule has 0 aromatic rings. The van der Waals surface area contributed by atoms with Gasteiger partial charge in [-0.25, -0.2) is 0 Å². The zero-order valence-corrected chi connectivity index (χ0v) is 6.53. The van der Waals surface area contributed by atoms with Crippen molar-refractivity contribution in [3.8, 4) is 0 Å². The Labute approximate surface area is 65.1 Å². The van der Waals surface area contributed by atoms with Gasteiger partial charge in [0.1, 0.15) is 0 Å². The van der Waals surface area contributed by atoms with Crippen LogP contribution in [0.3, 0.4) is 0 Å². The third kappa shape index (κ3) is 6.38. The van der Waals surface area contributed by atoms with E-state index >= 15 is 0 Å². The van der Waals surface area contributed by atoms with Crippen molar-refractivity contribution < 1.29 is 8.95 Å². The number of aliphatic hydroxyl groups excluding tert-OH is 1. The highest BCUT2D eigenvalue weighted by molar-refractivity contribution is 6.24. The van der Waals surface area contributed by atoms with Gasteiger partial charge < -0.3 is 5.11 Å². The second kappa shape index (κ2) is 6.62. The fraction of sp³-hybridized carbons (Fsp3) is 1.00. The van der Waals surface area contributed by atoms with Crippen molar-refractivity contribution >= 4 is 23.7 Å². The maximum atomic E-state index is 8.73. The first-order valence-electron chi connectivity index (χ1n) is 2.88. The quantitative estimate of drug-likeness (QED) is 0.608. The summed E-state index contributed by atoms with van der Waals surface area (Å²) in [4.78, 5) is 0. The second-order valence-electron chi connectivity index (χ2n) is 2.00. The predicted octanol–water partition coefficient (Wildman–Crippen LogP) is 2.23. The summed E-state index contributed by atoms with van der Waals surface area (Å²) in [6.07, 6.45) is 4.60. The van der Waals surface area contributed by atoms with E-state index in [-0.39, 0.29) is 6.10 Å². The van der Waals surface area contributed by atoms with Gasteiger partial charge >= 0.3 is 0 Å². The Kier molecular flexibility index (Phi) is 6.99. The van der Waals surface area contributed by atoms with Crippen LogP contribution in [0.25, 0.3) is 0 Å². The SMILES string of the molecule is ClOCl.OC1CCCC1. The van der Waals surface area contributed by atoms with Gasteiger partial charge in [-0.1, -0.05) is 12.8 Å². The molecule has 0 spiro atoms. The normalized spacial score (nSPS) is 19.0. The molecule has 4 heteroatoms. The lowest BCUT2D eigenvalue weighted by Gasteiger charge is -1.91. The molecule has 0 aromatic heterocycles. The molecule has 0 saturated heterocycles. The molecule has 2 nitrogen and oxygen atoms in total. The summed E-state index contributed by atoms with van der Waals surface area (Å²) < 4.78 is 3.19. The highest BCUT2D eigenvalue weighted by Crippen LogP contribution is 2.16. The molecule has 1 rings (SSSR count). The first-order chi connectivity index (χ1) is 4.31. The first-order valence-corrected chi connectivity index (χ1v) is 3.50. The molecule has 0 unspecified atom stereocenters. The summed E-state index contributed by atoms with van der Waals surface area (Å²) in [5, 5.41) is 8.73. The highest BCUT2D eigenvalue weighted by Gasteiger charge is 2.09. The minimum Gasteiger partial charge on any atom is -0.393 e. The van der Waals surface area contributed by atoms with Crippen molar-refractivity contribution in [3.05, 3.63) is 0 Å². The number of hydrogen-bond donors (Lipinski definition) is 1. The summed E-state index contributed by atoms with van der Waals surface area (Å²) in [6.45, 7) is 0. The second-order valence-corrected chi connectivity index (χ2v) is 2.46. The van der Waals surface area contributed by atoms with Gasteiger partial charge in [0.2, 0.25) is 0 Å². The zero-order valence-electron chi connectivity index (χ0n) is 5.02. The average Bonchev–Trinajstić information content (AvgIpc) is 2.20. The summed E-state index contributed by atoms with van der Waals surface area (Å²) in [5.41, 5.74) is 0. The molecule has 0 amide bonds. The number of rotatable bonds is 0. The minimum atomic E-state index is 0.0463. The summed E-state index contributed by atoms with van der Waals surface area (Å²) >= 11 is 8.53. The molecule has 0 bridgehead atoms. The van der Waals surface area contributed by atoms with Crippen LogP contribution in [-0.4, -0.2) is 11.2 Å². The maximum absolute atomic E-state index is 8.73. The number of aliphatic hydroxyl groups is 1. The van der Waals surface area contributed by atoms with Crippen LogP contribution in [0.4, 0.5) is 0 Å². The number of halogens is 2. The van der Waals surface area contributed by atoms with Crippen molar-refractivity contribution in [2.45, 2.75) is 31.8 Å². The lowest BCUT2D eigenvalue weighted by Crippen LogP contribution is -1.94. The van der Waals surface area contributed by atoms with Crippen LogP contribution in [-0.2, 0) is 3.84 Å². The van der Waals surface area contributed by atoms with Gasteiger partial charge in [0.05, 0.1) is 29.8 Å². The first kappa shape index (κ1) is 9.50. The van der Waals surface area contributed by atoms with Gasteiger partial charge in [-0.3, -0.25) is 0 Å². The van der Waals surface area contributed by atoms with Crippen molar-refractivity contribution in [3.63, 3.8) is 0 Å². The van der Waals surface area contributed by atoms with Crippen LogP contribution in [0.5, 0.6) is 0 Å². The van der Waals surface area contributed by atoms with Crippen molar-refractivity contribution in [1.29, 1.82) is 0 Å².